The minimum absolute atomic E-state index is 0.231. The average Bonchev–Trinajstić information content (AvgIpc) is 2.29. The highest BCUT2D eigenvalue weighted by molar-refractivity contribution is 9.10. The van der Waals surface area contributed by atoms with Crippen molar-refractivity contribution in [2.75, 3.05) is 12.4 Å². The largest absolute Gasteiger partial charge is 0.473 e. The molecular formula is C14H22BrN3O. The van der Waals surface area contributed by atoms with Gasteiger partial charge in [0.15, 0.2) is 0 Å². The lowest BCUT2D eigenvalue weighted by Gasteiger charge is -2.38. The molecule has 0 aromatic carbocycles. The second-order valence-corrected chi connectivity index (χ2v) is 7.10. The highest BCUT2D eigenvalue weighted by Crippen LogP contribution is 2.40. The Morgan fingerprint density at radius 3 is 2.79 bits per heavy atom. The van der Waals surface area contributed by atoms with Gasteiger partial charge in [0.2, 0.25) is 11.8 Å². The Balaban J connectivity index is 2.12. The van der Waals surface area contributed by atoms with Gasteiger partial charge in [-0.3, -0.25) is 0 Å². The Labute approximate surface area is 123 Å². The lowest BCUT2D eigenvalue weighted by Crippen LogP contribution is -2.34. The number of ether oxygens (including phenoxy) is 1. The van der Waals surface area contributed by atoms with E-state index in [0.29, 0.717) is 23.2 Å². The molecule has 1 fully saturated rings. The van der Waals surface area contributed by atoms with Gasteiger partial charge < -0.3 is 10.1 Å². The Morgan fingerprint density at radius 2 is 2.16 bits per heavy atom. The lowest BCUT2D eigenvalue weighted by molar-refractivity contribution is 0.0527. The van der Waals surface area contributed by atoms with E-state index in [9.17, 15) is 0 Å². The molecular weight excluding hydrogens is 306 g/mol. The average molecular weight is 328 g/mol. The van der Waals surface area contributed by atoms with Crippen molar-refractivity contribution in [1.82, 2.24) is 9.97 Å². The van der Waals surface area contributed by atoms with Gasteiger partial charge in [-0.2, -0.15) is 4.98 Å². The Bertz CT molecular complexity index is 450. The molecule has 1 aromatic heterocycles. The molecule has 106 valence electrons. The standard InChI is InChI=1S/C14H22BrN3O/c1-9-5-10(7-14(2,3)6-9)19-12-11(15)8-17-13(16-4)18-12/h8-10H,5-7H2,1-4H3,(H,16,17,18). The van der Waals surface area contributed by atoms with E-state index in [0.717, 1.165) is 17.3 Å². The summed E-state index contributed by atoms with van der Waals surface area (Å²) in [5.41, 5.74) is 0.341. The van der Waals surface area contributed by atoms with Crippen LogP contribution in [0.1, 0.15) is 40.0 Å². The van der Waals surface area contributed by atoms with Crippen LogP contribution in [0.5, 0.6) is 5.88 Å². The zero-order chi connectivity index (χ0) is 14.0. The summed E-state index contributed by atoms with van der Waals surface area (Å²) in [7, 11) is 1.80. The van der Waals surface area contributed by atoms with Gasteiger partial charge in [0.05, 0.1) is 10.7 Å². The molecule has 1 aliphatic rings. The molecule has 0 aliphatic heterocycles. The van der Waals surface area contributed by atoms with Gasteiger partial charge in [-0.1, -0.05) is 20.8 Å². The third-order valence-electron chi connectivity index (χ3n) is 3.56. The summed E-state index contributed by atoms with van der Waals surface area (Å²) >= 11 is 3.45. The van der Waals surface area contributed by atoms with Crippen LogP contribution in [0, 0.1) is 11.3 Å². The maximum atomic E-state index is 6.10. The van der Waals surface area contributed by atoms with Crippen molar-refractivity contribution in [3.8, 4) is 5.88 Å². The zero-order valence-corrected chi connectivity index (χ0v) is 13.6. The van der Waals surface area contributed by atoms with Crippen LogP contribution >= 0.6 is 15.9 Å². The molecule has 0 saturated heterocycles. The summed E-state index contributed by atoms with van der Waals surface area (Å²) in [6, 6.07) is 0. The number of aromatic nitrogens is 2. The summed E-state index contributed by atoms with van der Waals surface area (Å²) < 4.78 is 6.90. The fourth-order valence-corrected chi connectivity index (χ4v) is 3.35. The molecule has 1 aromatic rings. The number of hydrogen-bond donors (Lipinski definition) is 1. The van der Waals surface area contributed by atoms with Crippen molar-refractivity contribution < 1.29 is 4.74 Å². The molecule has 2 atom stereocenters. The van der Waals surface area contributed by atoms with Crippen LogP contribution in [0.3, 0.4) is 0 Å². The first-order valence-corrected chi connectivity index (χ1v) is 7.56. The normalized spacial score (nSPS) is 25.9. The van der Waals surface area contributed by atoms with Crippen LogP contribution < -0.4 is 10.1 Å². The van der Waals surface area contributed by atoms with Crippen molar-refractivity contribution >= 4 is 21.9 Å². The first-order chi connectivity index (χ1) is 8.89. The summed E-state index contributed by atoms with van der Waals surface area (Å²) in [6.45, 7) is 6.92. The van der Waals surface area contributed by atoms with Crippen LogP contribution in [0.25, 0.3) is 0 Å². The summed E-state index contributed by atoms with van der Waals surface area (Å²) in [4.78, 5) is 8.51. The fourth-order valence-electron chi connectivity index (χ4n) is 3.06. The topological polar surface area (TPSA) is 47.0 Å². The molecule has 1 aliphatic carbocycles. The quantitative estimate of drug-likeness (QED) is 0.915. The second-order valence-electron chi connectivity index (χ2n) is 6.25. The van der Waals surface area contributed by atoms with E-state index in [4.69, 9.17) is 4.74 Å². The predicted molar refractivity (Wildman–Crippen MR) is 80.5 cm³/mol. The Kier molecular flexibility index (Phi) is 4.33. The summed E-state index contributed by atoms with van der Waals surface area (Å²) in [5.74, 6) is 1.91. The third kappa shape index (κ3) is 3.81. The van der Waals surface area contributed by atoms with Gasteiger partial charge in [-0.05, 0) is 46.5 Å². The van der Waals surface area contributed by atoms with Crippen molar-refractivity contribution in [3.05, 3.63) is 10.7 Å². The molecule has 1 heterocycles. The SMILES string of the molecule is CNc1ncc(Br)c(OC2CC(C)CC(C)(C)C2)n1. The van der Waals surface area contributed by atoms with Crippen LogP contribution in [0.2, 0.25) is 0 Å². The van der Waals surface area contributed by atoms with Crippen LogP contribution in [0.15, 0.2) is 10.7 Å². The molecule has 2 rings (SSSR count). The van der Waals surface area contributed by atoms with Crippen molar-refractivity contribution in [1.29, 1.82) is 0 Å². The second kappa shape index (κ2) is 5.65. The molecule has 0 bridgehead atoms. The van der Waals surface area contributed by atoms with E-state index in [1.54, 1.807) is 13.2 Å². The van der Waals surface area contributed by atoms with Gasteiger partial charge in [0.1, 0.15) is 6.10 Å². The molecule has 2 unspecified atom stereocenters. The first kappa shape index (κ1) is 14.6. The smallest absolute Gasteiger partial charge is 0.233 e. The predicted octanol–water partition coefficient (Wildman–Crippen LogP) is 3.87. The van der Waals surface area contributed by atoms with Crippen LogP contribution in [-0.4, -0.2) is 23.1 Å². The summed E-state index contributed by atoms with van der Waals surface area (Å²) in [6.07, 6.45) is 5.39. The number of nitrogens with zero attached hydrogens (tertiary/aromatic N) is 2. The van der Waals surface area contributed by atoms with Gasteiger partial charge in [0, 0.05) is 7.05 Å². The first-order valence-electron chi connectivity index (χ1n) is 6.76. The van der Waals surface area contributed by atoms with E-state index < -0.39 is 0 Å². The minimum Gasteiger partial charge on any atom is -0.473 e. The highest BCUT2D eigenvalue weighted by atomic mass is 79.9. The maximum Gasteiger partial charge on any atom is 0.233 e. The van der Waals surface area contributed by atoms with E-state index in [1.165, 1.54) is 6.42 Å². The summed E-state index contributed by atoms with van der Waals surface area (Å²) in [5, 5.41) is 2.93. The Morgan fingerprint density at radius 1 is 1.42 bits per heavy atom. The number of nitrogens with one attached hydrogen (secondary N) is 1. The fraction of sp³-hybridized carbons (Fsp3) is 0.714. The van der Waals surface area contributed by atoms with Gasteiger partial charge in [0.25, 0.3) is 0 Å². The lowest BCUT2D eigenvalue weighted by atomic mass is 9.71. The van der Waals surface area contributed by atoms with E-state index in [-0.39, 0.29) is 6.10 Å². The molecule has 1 N–H and O–H groups in total. The third-order valence-corrected chi connectivity index (χ3v) is 4.10. The molecule has 0 amide bonds. The van der Waals surface area contributed by atoms with Crippen LogP contribution in [-0.2, 0) is 0 Å². The zero-order valence-electron chi connectivity index (χ0n) is 12.0. The number of hydrogen-bond acceptors (Lipinski definition) is 4. The van der Waals surface area contributed by atoms with Crippen LogP contribution in [0.4, 0.5) is 5.95 Å². The highest BCUT2D eigenvalue weighted by Gasteiger charge is 2.33. The van der Waals surface area contributed by atoms with E-state index >= 15 is 0 Å². The van der Waals surface area contributed by atoms with Crippen molar-refractivity contribution in [3.63, 3.8) is 0 Å². The monoisotopic (exact) mass is 327 g/mol. The molecule has 19 heavy (non-hydrogen) atoms. The molecule has 5 heteroatoms. The Hall–Kier alpha value is -0.840. The molecule has 0 spiro atoms. The molecule has 0 radical (unpaired) electrons. The van der Waals surface area contributed by atoms with Gasteiger partial charge in [-0.25, -0.2) is 4.98 Å². The van der Waals surface area contributed by atoms with Gasteiger partial charge in [-0.15, -0.1) is 0 Å². The number of halogens is 1. The number of rotatable bonds is 3. The van der Waals surface area contributed by atoms with E-state index in [2.05, 4.69) is 52.0 Å². The van der Waals surface area contributed by atoms with E-state index in [1.807, 2.05) is 0 Å². The van der Waals surface area contributed by atoms with Crippen molar-refractivity contribution in [2.45, 2.75) is 46.1 Å². The number of anilines is 1. The minimum atomic E-state index is 0.231. The van der Waals surface area contributed by atoms with Crippen molar-refractivity contribution in [2.24, 2.45) is 11.3 Å². The van der Waals surface area contributed by atoms with Gasteiger partial charge >= 0.3 is 0 Å². The molecule has 4 nitrogen and oxygen atoms in total. The maximum absolute atomic E-state index is 6.10. The molecule has 1 saturated carbocycles.